The average molecular weight is 339 g/mol. The van der Waals surface area contributed by atoms with Crippen LogP contribution >= 0.6 is 15.9 Å². The number of hydrogen-bond donors (Lipinski definition) is 1. The van der Waals surface area contributed by atoms with Crippen molar-refractivity contribution >= 4 is 15.9 Å². The summed E-state index contributed by atoms with van der Waals surface area (Å²) < 4.78 is 8.23. The smallest absolute Gasteiger partial charge is 0.125 e. The van der Waals surface area contributed by atoms with Crippen LogP contribution in [0.4, 0.5) is 0 Å². The molecule has 0 aliphatic carbocycles. The van der Waals surface area contributed by atoms with E-state index in [1.54, 1.807) is 6.20 Å². The van der Waals surface area contributed by atoms with Crippen LogP contribution in [-0.2, 0) is 6.54 Å². The van der Waals surface area contributed by atoms with Gasteiger partial charge in [-0.3, -0.25) is 4.68 Å². The van der Waals surface area contributed by atoms with E-state index < -0.39 is 6.10 Å². The van der Waals surface area contributed by atoms with E-state index in [4.69, 9.17) is 4.74 Å². The number of hydrogen-bond acceptors (Lipinski definition) is 3. The maximum atomic E-state index is 10.7. The summed E-state index contributed by atoms with van der Waals surface area (Å²) in [4.78, 5) is 0. The fourth-order valence-electron chi connectivity index (χ4n) is 2.17. The molecular weight excluding hydrogens is 320 g/mol. The zero-order valence-electron chi connectivity index (χ0n) is 11.7. The first kappa shape index (κ1) is 15.1. The molecule has 2 aromatic rings. The first-order chi connectivity index (χ1) is 9.69. The van der Waals surface area contributed by atoms with Crippen molar-refractivity contribution in [3.05, 3.63) is 46.2 Å². The van der Waals surface area contributed by atoms with Gasteiger partial charge in [0.25, 0.3) is 0 Å². The molecule has 1 N–H and O–H groups in total. The van der Waals surface area contributed by atoms with Gasteiger partial charge in [0.1, 0.15) is 11.9 Å². The van der Waals surface area contributed by atoms with Crippen molar-refractivity contribution in [1.82, 2.24) is 9.78 Å². The van der Waals surface area contributed by atoms with Crippen molar-refractivity contribution in [2.24, 2.45) is 0 Å². The maximum absolute atomic E-state index is 10.7. The highest BCUT2D eigenvalue weighted by Crippen LogP contribution is 2.33. The van der Waals surface area contributed by atoms with Crippen LogP contribution in [0, 0.1) is 0 Å². The number of aromatic nitrogens is 2. The number of para-hydroxylation sites is 1. The van der Waals surface area contributed by atoms with Gasteiger partial charge in [0, 0.05) is 12.1 Å². The molecule has 1 unspecified atom stereocenters. The van der Waals surface area contributed by atoms with Crippen LogP contribution in [0.1, 0.15) is 37.6 Å². The van der Waals surface area contributed by atoms with E-state index in [1.807, 2.05) is 35.9 Å². The second-order valence-corrected chi connectivity index (χ2v) is 5.33. The van der Waals surface area contributed by atoms with Crippen LogP contribution in [0.15, 0.2) is 34.9 Å². The highest BCUT2D eigenvalue weighted by Gasteiger charge is 2.22. The van der Waals surface area contributed by atoms with Crippen LogP contribution in [0.3, 0.4) is 0 Å². The van der Waals surface area contributed by atoms with Gasteiger partial charge in [-0.05, 0) is 35.3 Å². The molecule has 0 radical (unpaired) electrons. The number of aliphatic hydroxyl groups is 1. The van der Waals surface area contributed by atoms with E-state index in [-0.39, 0.29) is 0 Å². The van der Waals surface area contributed by atoms with Gasteiger partial charge < -0.3 is 9.84 Å². The normalized spacial score (nSPS) is 12.4. The third-order valence-electron chi connectivity index (χ3n) is 3.04. The minimum Gasteiger partial charge on any atom is -0.493 e. The number of halogens is 1. The van der Waals surface area contributed by atoms with Crippen molar-refractivity contribution in [2.75, 3.05) is 6.61 Å². The lowest BCUT2D eigenvalue weighted by atomic mass is 10.1. The summed E-state index contributed by atoms with van der Waals surface area (Å²) in [5, 5.41) is 15.0. The maximum Gasteiger partial charge on any atom is 0.125 e. The molecule has 0 saturated carbocycles. The Labute approximate surface area is 127 Å². The van der Waals surface area contributed by atoms with Gasteiger partial charge in [-0.15, -0.1) is 0 Å². The lowest BCUT2D eigenvalue weighted by Crippen LogP contribution is -2.12. The van der Waals surface area contributed by atoms with Crippen molar-refractivity contribution in [1.29, 1.82) is 0 Å². The van der Waals surface area contributed by atoms with Crippen molar-refractivity contribution < 1.29 is 9.84 Å². The molecule has 20 heavy (non-hydrogen) atoms. The second kappa shape index (κ2) is 6.90. The minimum absolute atomic E-state index is 0.569. The summed E-state index contributed by atoms with van der Waals surface area (Å²) in [7, 11) is 0. The van der Waals surface area contributed by atoms with Crippen molar-refractivity contribution in [2.45, 2.75) is 32.9 Å². The molecule has 1 atom stereocenters. The quantitative estimate of drug-likeness (QED) is 0.876. The molecule has 0 spiro atoms. The number of rotatable bonds is 6. The average Bonchev–Trinajstić information content (AvgIpc) is 2.81. The van der Waals surface area contributed by atoms with Crippen LogP contribution in [-0.4, -0.2) is 21.5 Å². The predicted molar refractivity (Wildman–Crippen MR) is 81.9 cm³/mol. The van der Waals surface area contributed by atoms with Gasteiger partial charge in [-0.1, -0.05) is 25.1 Å². The van der Waals surface area contributed by atoms with Crippen LogP contribution in [0.25, 0.3) is 0 Å². The molecule has 0 fully saturated rings. The van der Waals surface area contributed by atoms with Crippen LogP contribution < -0.4 is 4.74 Å². The Morgan fingerprint density at radius 3 is 2.80 bits per heavy atom. The number of ether oxygens (including phenoxy) is 1. The van der Waals surface area contributed by atoms with E-state index in [0.717, 1.165) is 28.7 Å². The Kier molecular flexibility index (Phi) is 5.20. The first-order valence-electron chi connectivity index (χ1n) is 6.80. The zero-order valence-corrected chi connectivity index (χ0v) is 13.3. The Balaban J connectivity index is 2.41. The van der Waals surface area contributed by atoms with Crippen LogP contribution in [0.2, 0.25) is 0 Å². The molecule has 4 nitrogen and oxygen atoms in total. The summed E-state index contributed by atoms with van der Waals surface area (Å²) in [6.45, 7) is 5.36. The largest absolute Gasteiger partial charge is 0.493 e. The molecule has 108 valence electrons. The Hall–Kier alpha value is -1.33. The number of aryl methyl sites for hydroxylation is 1. The summed E-state index contributed by atoms with van der Waals surface area (Å²) in [6.07, 6.45) is 1.92. The first-order valence-corrected chi connectivity index (χ1v) is 7.59. The molecule has 1 aromatic carbocycles. The standard InChI is InChI=1S/C15H19BrN2O2/c1-3-9-18-14(12(16)10-17-18)15(19)11-7-5-6-8-13(11)20-4-2/h5-8,10,15,19H,3-4,9H2,1-2H3. The van der Waals surface area contributed by atoms with E-state index in [9.17, 15) is 5.11 Å². The van der Waals surface area contributed by atoms with Gasteiger partial charge in [0.15, 0.2) is 0 Å². The van der Waals surface area contributed by atoms with Crippen molar-refractivity contribution in [3.63, 3.8) is 0 Å². The fraction of sp³-hybridized carbons (Fsp3) is 0.400. The Morgan fingerprint density at radius 1 is 1.35 bits per heavy atom. The van der Waals surface area contributed by atoms with Gasteiger partial charge in [-0.25, -0.2) is 0 Å². The zero-order chi connectivity index (χ0) is 14.5. The molecule has 1 heterocycles. The highest BCUT2D eigenvalue weighted by molar-refractivity contribution is 9.10. The number of nitrogens with zero attached hydrogens (tertiary/aromatic N) is 2. The second-order valence-electron chi connectivity index (χ2n) is 4.47. The van der Waals surface area contributed by atoms with E-state index in [0.29, 0.717) is 12.4 Å². The summed E-state index contributed by atoms with van der Waals surface area (Å²) in [5.41, 5.74) is 1.52. The third-order valence-corrected chi connectivity index (χ3v) is 3.65. The monoisotopic (exact) mass is 338 g/mol. The van der Waals surface area contributed by atoms with Crippen molar-refractivity contribution in [3.8, 4) is 5.75 Å². The molecule has 0 amide bonds. The van der Waals surface area contributed by atoms with E-state index in [2.05, 4.69) is 28.0 Å². The summed E-state index contributed by atoms with van der Waals surface area (Å²) >= 11 is 3.46. The van der Waals surface area contributed by atoms with Gasteiger partial charge >= 0.3 is 0 Å². The fourth-order valence-corrected chi connectivity index (χ4v) is 2.69. The van der Waals surface area contributed by atoms with E-state index >= 15 is 0 Å². The van der Waals surface area contributed by atoms with Gasteiger partial charge in [0.05, 0.1) is 23.0 Å². The molecule has 0 aliphatic rings. The molecular formula is C15H19BrN2O2. The topological polar surface area (TPSA) is 47.3 Å². The third kappa shape index (κ3) is 3.04. The summed E-state index contributed by atoms with van der Waals surface area (Å²) in [5.74, 6) is 0.707. The lowest BCUT2D eigenvalue weighted by Gasteiger charge is -2.17. The predicted octanol–water partition coefficient (Wildman–Crippen LogP) is 3.54. The summed E-state index contributed by atoms with van der Waals surface area (Å²) in [6, 6.07) is 7.55. The minimum atomic E-state index is -0.763. The number of benzene rings is 1. The SMILES string of the molecule is CCCn1ncc(Br)c1C(O)c1ccccc1OCC. The van der Waals surface area contributed by atoms with Gasteiger partial charge in [-0.2, -0.15) is 5.10 Å². The van der Waals surface area contributed by atoms with Crippen LogP contribution in [0.5, 0.6) is 5.75 Å². The molecule has 2 rings (SSSR count). The lowest BCUT2D eigenvalue weighted by molar-refractivity contribution is 0.199. The molecule has 1 aromatic heterocycles. The Morgan fingerprint density at radius 2 is 2.10 bits per heavy atom. The molecule has 0 aliphatic heterocycles. The Bertz CT molecular complexity index is 569. The van der Waals surface area contributed by atoms with E-state index in [1.165, 1.54) is 0 Å². The molecule has 0 bridgehead atoms. The van der Waals surface area contributed by atoms with Gasteiger partial charge in [0.2, 0.25) is 0 Å². The molecule has 0 saturated heterocycles. The number of aliphatic hydroxyl groups excluding tert-OH is 1. The highest BCUT2D eigenvalue weighted by atomic mass is 79.9. The molecule has 5 heteroatoms.